The molecule has 3 N–H and O–H groups in total. The fraction of sp³-hybridized carbons (Fsp3) is 0.280. The van der Waals surface area contributed by atoms with E-state index in [1.165, 1.54) is 22.0 Å². The lowest BCUT2D eigenvalue weighted by molar-refractivity contribution is -0.118. The van der Waals surface area contributed by atoms with E-state index in [9.17, 15) is 4.79 Å². The van der Waals surface area contributed by atoms with Gasteiger partial charge in [0.2, 0.25) is 11.1 Å². The van der Waals surface area contributed by atoms with Crippen LogP contribution in [0.1, 0.15) is 25.8 Å². The van der Waals surface area contributed by atoms with Crippen molar-refractivity contribution in [3.8, 4) is 22.6 Å². The zero-order valence-corrected chi connectivity index (χ0v) is 19.9. The van der Waals surface area contributed by atoms with Gasteiger partial charge in [-0.15, -0.1) is 10.2 Å². The van der Waals surface area contributed by atoms with Gasteiger partial charge in [-0.2, -0.15) is 0 Å². The van der Waals surface area contributed by atoms with E-state index in [-0.39, 0.29) is 11.7 Å². The van der Waals surface area contributed by atoms with E-state index >= 15 is 0 Å². The number of nitrogens with two attached hydrogens (primary N) is 1. The molecule has 1 amide bonds. The molecule has 0 fully saturated rings. The Bertz CT molecular complexity index is 1270. The van der Waals surface area contributed by atoms with E-state index in [0.717, 1.165) is 34.1 Å². The zero-order chi connectivity index (χ0) is 23.4. The van der Waals surface area contributed by atoms with Crippen molar-refractivity contribution < 1.29 is 4.79 Å². The van der Waals surface area contributed by atoms with E-state index in [1.807, 2.05) is 30.3 Å². The van der Waals surface area contributed by atoms with Crippen LogP contribution in [0, 0.1) is 12.8 Å². The lowest BCUT2D eigenvalue weighted by Crippen LogP contribution is -2.27. The largest absolute Gasteiger partial charge is 0.355 e. The van der Waals surface area contributed by atoms with Gasteiger partial charge in [0.05, 0.1) is 17.0 Å². The van der Waals surface area contributed by atoms with Crippen LogP contribution in [0.25, 0.3) is 33.5 Å². The summed E-state index contributed by atoms with van der Waals surface area (Å²) in [6.07, 6.45) is 0.950. The van der Waals surface area contributed by atoms with Crippen molar-refractivity contribution >= 4 is 28.6 Å². The fourth-order valence-electron chi connectivity index (χ4n) is 3.47. The standard InChI is InChI=1S/C25H28N6OS/c1-16(2)12-13-27-23(32)15-33-25-30-29-24(31(25)26)20-14-22(18-10-8-17(3)9-11-18)28-21-7-5-4-6-19(20)21/h4-11,14,16H,12-13,15,26H2,1-3H3,(H,27,32). The number of pyridine rings is 1. The summed E-state index contributed by atoms with van der Waals surface area (Å²) in [6.45, 7) is 6.99. The number of hydrogen-bond donors (Lipinski definition) is 2. The normalized spacial score (nSPS) is 11.3. The van der Waals surface area contributed by atoms with Gasteiger partial charge < -0.3 is 11.2 Å². The molecule has 0 aliphatic heterocycles. The molecular weight excluding hydrogens is 432 g/mol. The number of aryl methyl sites for hydroxylation is 1. The molecule has 0 unspecified atom stereocenters. The minimum atomic E-state index is -0.0405. The Hall–Kier alpha value is -3.39. The highest BCUT2D eigenvalue weighted by atomic mass is 32.2. The molecule has 0 saturated heterocycles. The summed E-state index contributed by atoms with van der Waals surface area (Å²) in [5, 5.41) is 13.0. The summed E-state index contributed by atoms with van der Waals surface area (Å²) in [5.41, 5.74) is 4.75. The highest BCUT2D eigenvalue weighted by Gasteiger charge is 2.18. The molecular formula is C25H28N6OS. The Kier molecular flexibility index (Phi) is 6.93. The maximum atomic E-state index is 12.1. The number of rotatable bonds is 8. The molecule has 0 saturated carbocycles. The molecule has 4 rings (SSSR count). The van der Waals surface area contributed by atoms with Crippen LogP contribution in [0.15, 0.2) is 59.8 Å². The van der Waals surface area contributed by atoms with Crippen molar-refractivity contribution in [2.75, 3.05) is 18.1 Å². The minimum absolute atomic E-state index is 0.0405. The molecule has 0 aliphatic carbocycles. The first-order valence-corrected chi connectivity index (χ1v) is 12.0. The SMILES string of the molecule is Cc1ccc(-c2cc(-c3nnc(SCC(=O)NCCC(C)C)n3N)c3ccccc3n2)cc1. The number of nitrogens with zero attached hydrogens (tertiary/aromatic N) is 4. The number of carbonyl (C=O) groups is 1. The maximum Gasteiger partial charge on any atom is 0.230 e. The number of carbonyl (C=O) groups excluding carboxylic acids is 1. The molecule has 7 nitrogen and oxygen atoms in total. The van der Waals surface area contributed by atoms with Gasteiger partial charge in [-0.3, -0.25) is 4.79 Å². The highest BCUT2D eigenvalue weighted by molar-refractivity contribution is 7.99. The number of fused-ring (bicyclic) bond motifs is 1. The van der Waals surface area contributed by atoms with E-state index in [0.29, 0.717) is 23.4 Å². The molecule has 4 aromatic rings. The minimum Gasteiger partial charge on any atom is -0.355 e. The first-order valence-electron chi connectivity index (χ1n) is 11.0. The van der Waals surface area contributed by atoms with Crippen LogP contribution in [-0.4, -0.2) is 38.1 Å². The predicted octanol–water partition coefficient (Wildman–Crippen LogP) is 4.44. The van der Waals surface area contributed by atoms with Gasteiger partial charge in [-0.1, -0.05) is 73.6 Å². The molecule has 2 heterocycles. The average molecular weight is 461 g/mol. The topological polar surface area (TPSA) is 98.7 Å². The molecule has 2 aromatic carbocycles. The number of benzene rings is 2. The molecule has 170 valence electrons. The number of hydrogen-bond acceptors (Lipinski definition) is 6. The molecule has 8 heteroatoms. The van der Waals surface area contributed by atoms with Crippen LogP contribution >= 0.6 is 11.8 Å². The summed E-state index contributed by atoms with van der Waals surface area (Å²) < 4.78 is 1.45. The number of nitrogen functional groups attached to an aromatic ring is 1. The third kappa shape index (κ3) is 5.34. The fourth-order valence-corrected chi connectivity index (χ4v) is 4.16. The second kappa shape index (κ2) is 10.0. The van der Waals surface area contributed by atoms with Gasteiger partial charge in [0, 0.05) is 23.1 Å². The number of nitrogens with one attached hydrogen (secondary N) is 1. The van der Waals surface area contributed by atoms with Gasteiger partial charge in [-0.25, -0.2) is 9.66 Å². The number of para-hydroxylation sites is 1. The first kappa shape index (κ1) is 22.8. The van der Waals surface area contributed by atoms with Crippen molar-refractivity contribution in [2.24, 2.45) is 5.92 Å². The van der Waals surface area contributed by atoms with Crippen LogP contribution in [-0.2, 0) is 4.79 Å². The molecule has 0 radical (unpaired) electrons. The first-order chi connectivity index (χ1) is 15.9. The molecule has 0 bridgehead atoms. The van der Waals surface area contributed by atoms with Gasteiger partial charge in [0.1, 0.15) is 0 Å². The van der Waals surface area contributed by atoms with Gasteiger partial charge in [0.25, 0.3) is 0 Å². The van der Waals surface area contributed by atoms with Crippen molar-refractivity contribution in [3.05, 3.63) is 60.2 Å². The highest BCUT2D eigenvalue weighted by Crippen LogP contribution is 2.32. The molecule has 0 aliphatic rings. The molecule has 33 heavy (non-hydrogen) atoms. The molecule has 2 aromatic heterocycles. The number of thioether (sulfide) groups is 1. The second-order valence-electron chi connectivity index (χ2n) is 8.44. The Morgan fingerprint density at radius 2 is 1.88 bits per heavy atom. The molecule has 0 atom stereocenters. The second-order valence-corrected chi connectivity index (χ2v) is 9.38. The number of amides is 1. The zero-order valence-electron chi connectivity index (χ0n) is 19.1. The Morgan fingerprint density at radius 3 is 2.64 bits per heavy atom. The van der Waals surface area contributed by atoms with Gasteiger partial charge >= 0.3 is 0 Å². The van der Waals surface area contributed by atoms with Crippen molar-refractivity contribution in [3.63, 3.8) is 0 Å². The van der Waals surface area contributed by atoms with Gasteiger partial charge in [-0.05, 0) is 31.4 Å². The Balaban J connectivity index is 1.62. The van der Waals surface area contributed by atoms with Crippen LogP contribution in [0.3, 0.4) is 0 Å². The summed E-state index contributed by atoms with van der Waals surface area (Å²) in [4.78, 5) is 17.0. The monoisotopic (exact) mass is 460 g/mol. The Morgan fingerprint density at radius 1 is 1.12 bits per heavy atom. The van der Waals surface area contributed by atoms with Gasteiger partial charge in [0.15, 0.2) is 5.82 Å². The summed E-state index contributed by atoms with van der Waals surface area (Å²) in [5.74, 6) is 7.66. The summed E-state index contributed by atoms with van der Waals surface area (Å²) in [7, 11) is 0. The smallest absolute Gasteiger partial charge is 0.230 e. The van der Waals surface area contributed by atoms with E-state index in [4.69, 9.17) is 10.8 Å². The van der Waals surface area contributed by atoms with Crippen LogP contribution in [0.4, 0.5) is 0 Å². The van der Waals surface area contributed by atoms with Crippen molar-refractivity contribution in [1.29, 1.82) is 0 Å². The lowest BCUT2D eigenvalue weighted by atomic mass is 10.0. The van der Waals surface area contributed by atoms with Crippen LogP contribution in [0.5, 0.6) is 0 Å². The van der Waals surface area contributed by atoms with E-state index in [2.05, 4.69) is 60.6 Å². The van der Waals surface area contributed by atoms with Crippen LogP contribution in [0.2, 0.25) is 0 Å². The van der Waals surface area contributed by atoms with Crippen molar-refractivity contribution in [1.82, 2.24) is 25.2 Å². The van der Waals surface area contributed by atoms with E-state index in [1.54, 1.807) is 0 Å². The Labute approximate surface area is 197 Å². The van der Waals surface area contributed by atoms with E-state index < -0.39 is 0 Å². The van der Waals surface area contributed by atoms with Crippen molar-refractivity contribution in [2.45, 2.75) is 32.3 Å². The molecule has 0 spiro atoms. The lowest BCUT2D eigenvalue weighted by Gasteiger charge is -2.10. The average Bonchev–Trinajstić information content (AvgIpc) is 3.17. The maximum absolute atomic E-state index is 12.1. The third-order valence-corrected chi connectivity index (χ3v) is 6.29. The third-order valence-electron chi connectivity index (χ3n) is 5.35. The number of aromatic nitrogens is 4. The quantitative estimate of drug-likeness (QED) is 0.298. The predicted molar refractivity (Wildman–Crippen MR) is 134 cm³/mol. The summed E-state index contributed by atoms with van der Waals surface area (Å²) >= 11 is 1.27. The summed E-state index contributed by atoms with van der Waals surface area (Å²) in [6, 6.07) is 18.2. The van der Waals surface area contributed by atoms with Crippen LogP contribution < -0.4 is 11.2 Å².